The van der Waals surface area contributed by atoms with Crippen LogP contribution in [0.15, 0.2) is 58.6 Å². The molecule has 0 aliphatic rings. The summed E-state index contributed by atoms with van der Waals surface area (Å²) in [6.07, 6.45) is 4.06. The molecule has 0 saturated carbocycles. The Balaban J connectivity index is 2.15. The maximum absolute atomic E-state index is 13.3. The van der Waals surface area contributed by atoms with Crippen LogP contribution in [0.25, 0.3) is 16.8 Å². The maximum atomic E-state index is 13.3. The molecule has 0 aliphatic carbocycles. The number of rotatable bonds is 6. The van der Waals surface area contributed by atoms with Gasteiger partial charge in [0, 0.05) is 12.5 Å². The number of nitrogens with zero attached hydrogens (tertiary/aromatic N) is 4. The van der Waals surface area contributed by atoms with Gasteiger partial charge in [-0.3, -0.25) is 0 Å². The molecule has 1 aromatic carbocycles. The van der Waals surface area contributed by atoms with Crippen LogP contribution < -0.4 is 20.0 Å². The molecule has 0 unspecified atom stereocenters. The number of ether oxygens (including phenoxy) is 1. The summed E-state index contributed by atoms with van der Waals surface area (Å²) < 4.78 is 8.84. The van der Waals surface area contributed by atoms with E-state index in [4.69, 9.17) is 4.74 Å². The van der Waals surface area contributed by atoms with Crippen molar-refractivity contribution < 1.29 is 19.0 Å². The number of aryl methyl sites for hydroxylation is 1. The van der Waals surface area contributed by atoms with E-state index in [-0.39, 0.29) is 17.0 Å². The summed E-state index contributed by atoms with van der Waals surface area (Å²) in [6.45, 7) is 0.424. The van der Waals surface area contributed by atoms with Crippen molar-refractivity contribution in [1.82, 2.24) is 4.40 Å². The fourth-order valence-corrected chi connectivity index (χ4v) is 3.01. The second-order valence-electron chi connectivity index (χ2n) is 7.33. The first-order chi connectivity index (χ1) is 13.3. The van der Waals surface area contributed by atoms with Crippen molar-refractivity contribution in [2.75, 3.05) is 28.3 Å². The van der Waals surface area contributed by atoms with Gasteiger partial charge in [-0.15, -0.1) is 0 Å². The third kappa shape index (κ3) is 4.04. The largest absolute Gasteiger partial charge is 0.842 e. The number of pyridine rings is 1. The fraction of sp³-hybridized carbons (Fsp3) is 0.286. The standard InChI is InChI=1S/C21H25N4O3/c1-25(2,3)22-12-8-14-24-18-11-5-6-13-23(18)20(26)19(21(24)27)16-9-7-10-17(15-16)28-4/h5-7,9-13,15H,8,14H2,1-4H3/q+1/b22-12+. The lowest BCUT2D eigenvalue weighted by molar-refractivity contribution is -0.876. The molecule has 2 heterocycles. The van der Waals surface area contributed by atoms with E-state index in [1.54, 1.807) is 54.3 Å². The average molecular weight is 381 g/mol. The first kappa shape index (κ1) is 19.6. The van der Waals surface area contributed by atoms with Gasteiger partial charge in [0.1, 0.15) is 11.3 Å². The molecule has 0 N–H and O–H groups in total. The molecular formula is C21H25N4O3+. The molecule has 28 heavy (non-hydrogen) atoms. The highest BCUT2D eigenvalue weighted by atomic mass is 16.5. The van der Waals surface area contributed by atoms with Crippen LogP contribution in [0.1, 0.15) is 6.42 Å². The second-order valence-corrected chi connectivity index (χ2v) is 7.33. The van der Waals surface area contributed by atoms with Crippen molar-refractivity contribution in [3.05, 3.63) is 59.0 Å². The molecule has 0 aliphatic heterocycles. The SMILES string of the molecule is COc1cccc(-c2c([O-])[n+](CC/C=N/[N+](C)(C)C)c3ccccn3c2=O)c1. The molecule has 3 aromatic rings. The van der Waals surface area contributed by atoms with Crippen LogP contribution in [0.2, 0.25) is 0 Å². The molecule has 0 atom stereocenters. The Morgan fingerprint density at radius 2 is 2.00 bits per heavy atom. The summed E-state index contributed by atoms with van der Waals surface area (Å²) in [6, 6.07) is 12.4. The average Bonchev–Trinajstić information content (AvgIpc) is 2.67. The first-order valence-electron chi connectivity index (χ1n) is 9.06. The van der Waals surface area contributed by atoms with Gasteiger partial charge in [-0.1, -0.05) is 23.3 Å². The zero-order valence-corrected chi connectivity index (χ0v) is 16.6. The minimum absolute atomic E-state index is 0.131. The highest BCUT2D eigenvalue weighted by Gasteiger charge is 2.19. The molecule has 146 valence electrons. The third-order valence-corrected chi connectivity index (χ3v) is 4.27. The van der Waals surface area contributed by atoms with E-state index in [1.165, 1.54) is 4.40 Å². The number of methoxy groups -OCH3 is 1. The minimum Gasteiger partial charge on any atom is -0.842 e. The lowest BCUT2D eigenvalue weighted by Gasteiger charge is -2.17. The number of hydrogen-bond acceptors (Lipinski definition) is 4. The van der Waals surface area contributed by atoms with Crippen LogP contribution in [0, 0.1) is 0 Å². The van der Waals surface area contributed by atoms with Gasteiger partial charge in [0.15, 0.2) is 0 Å². The predicted molar refractivity (Wildman–Crippen MR) is 106 cm³/mol. The third-order valence-electron chi connectivity index (χ3n) is 4.27. The first-order valence-corrected chi connectivity index (χ1v) is 9.06. The quantitative estimate of drug-likeness (QED) is 0.281. The van der Waals surface area contributed by atoms with Crippen LogP contribution in [0.5, 0.6) is 11.6 Å². The van der Waals surface area contributed by atoms with E-state index in [1.807, 2.05) is 33.4 Å². The molecule has 0 amide bonds. The van der Waals surface area contributed by atoms with Crippen LogP contribution >= 0.6 is 0 Å². The van der Waals surface area contributed by atoms with Crippen molar-refractivity contribution in [2.24, 2.45) is 5.10 Å². The lowest BCUT2D eigenvalue weighted by Crippen LogP contribution is -2.44. The zero-order chi connectivity index (χ0) is 20.3. The summed E-state index contributed by atoms with van der Waals surface area (Å²) in [7, 11) is 7.43. The van der Waals surface area contributed by atoms with Crippen molar-refractivity contribution >= 4 is 11.9 Å². The van der Waals surface area contributed by atoms with Crippen molar-refractivity contribution in [3.63, 3.8) is 0 Å². The maximum Gasteiger partial charge on any atom is 0.349 e. The Morgan fingerprint density at radius 1 is 1.21 bits per heavy atom. The highest BCUT2D eigenvalue weighted by Crippen LogP contribution is 2.25. The smallest absolute Gasteiger partial charge is 0.349 e. The van der Waals surface area contributed by atoms with Gasteiger partial charge in [-0.25, -0.2) is 14.0 Å². The Labute approximate surface area is 164 Å². The fourth-order valence-electron chi connectivity index (χ4n) is 3.01. The van der Waals surface area contributed by atoms with Gasteiger partial charge in [0.05, 0.1) is 53.1 Å². The Bertz CT molecular complexity index is 1080. The molecule has 0 fully saturated rings. The second kappa shape index (κ2) is 7.82. The van der Waals surface area contributed by atoms with Crippen molar-refractivity contribution in [1.29, 1.82) is 0 Å². The van der Waals surface area contributed by atoms with E-state index in [9.17, 15) is 9.90 Å². The lowest BCUT2D eigenvalue weighted by atomic mass is 10.1. The highest BCUT2D eigenvalue weighted by molar-refractivity contribution is 5.68. The summed E-state index contributed by atoms with van der Waals surface area (Å²) in [5, 5.41) is 17.7. The number of quaternary nitrogens is 1. The van der Waals surface area contributed by atoms with Crippen molar-refractivity contribution in [2.45, 2.75) is 13.0 Å². The van der Waals surface area contributed by atoms with Gasteiger partial charge >= 0.3 is 5.56 Å². The van der Waals surface area contributed by atoms with Gasteiger partial charge < -0.3 is 9.84 Å². The van der Waals surface area contributed by atoms with Crippen LogP contribution in [-0.2, 0) is 6.54 Å². The van der Waals surface area contributed by atoms with E-state index < -0.39 is 0 Å². The Kier molecular flexibility index (Phi) is 5.46. The molecule has 7 heteroatoms. The molecule has 0 bridgehead atoms. The van der Waals surface area contributed by atoms with E-state index in [0.29, 0.717) is 34.5 Å². The van der Waals surface area contributed by atoms with Gasteiger partial charge in [0.25, 0.3) is 5.65 Å². The zero-order valence-electron chi connectivity index (χ0n) is 16.6. The summed E-state index contributed by atoms with van der Waals surface area (Å²) in [5.74, 6) is 0.277. The summed E-state index contributed by atoms with van der Waals surface area (Å²) in [4.78, 5) is 13.0. The van der Waals surface area contributed by atoms with Crippen LogP contribution in [0.3, 0.4) is 0 Å². The van der Waals surface area contributed by atoms with Gasteiger partial charge in [-0.2, -0.15) is 4.40 Å². The molecule has 0 radical (unpaired) electrons. The number of fused-ring (bicyclic) bond motifs is 1. The topological polar surface area (TPSA) is 70.0 Å². The van der Waals surface area contributed by atoms with E-state index in [2.05, 4.69) is 5.10 Å². The minimum atomic E-state index is -0.342. The molecule has 2 aromatic heterocycles. The predicted octanol–water partition coefficient (Wildman–Crippen LogP) is 1.42. The molecule has 3 rings (SSSR count). The van der Waals surface area contributed by atoms with Crippen LogP contribution in [0.4, 0.5) is 0 Å². The number of benzene rings is 1. The molecule has 7 nitrogen and oxygen atoms in total. The van der Waals surface area contributed by atoms with Gasteiger partial charge in [-0.05, 0) is 23.8 Å². The summed E-state index contributed by atoms with van der Waals surface area (Å²) in [5.41, 5.74) is 0.889. The molecule has 0 spiro atoms. The van der Waals surface area contributed by atoms with E-state index >= 15 is 0 Å². The normalized spacial score (nSPS) is 12.0. The van der Waals surface area contributed by atoms with Gasteiger partial charge in [0.2, 0.25) is 0 Å². The molecular weight excluding hydrogens is 356 g/mol. The number of aromatic nitrogens is 2. The Morgan fingerprint density at radius 3 is 2.71 bits per heavy atom. The summed E-state index contributed by atoms with van der Waals surface area (Å²) >= 11 is 0. The van der Waals surface area contributed by atoms with Crippen LogP contribution in [-0.4, -0.2) is 43.5 Å². The monoisotopic (exact) mass is 381 g/mol. The van der Waals surface area contributed by atoms with E-state index in [0.717, 1.165) is 0 Å². The number of hydrogen-bond donors (Lipinski definition) is 0. The van der Waals surface area contributed by atoms with Crippen molar-refractivity contribution in [3.8, 4) is 22.8 Å². The Hall–Kier alpha value is -3.19. The molecule has 0 saturated heterocycles.